The molecular weight excluding hydrogens is 262 g/mol. The van der Waals surface area contributed by atoms with Crippen LogP contribution in [0, 0.1) is 11.6 Å². The van der Waals surface area contributed by atoms with E-state index in [2.05, 4.69) is 15.9 Å². The van der Waals surface area contributed by atoms with Gasteiger partial charge in [-0.1, -0.05) is 0 Å². The first kappa shape index (κ1) is 10.9. The SMILES string of the molecule is O=C(O)Cc1cc(F)c(F)c(Br)c1O. The van der Waals surface area contributed by atoms with Gasteiger partial charge in [-0.15, -0.1) is 0 Å². The zero-order valence-electron chi connectivity index (χ0n) is 6.72. The second-order valence-corrected chi connectivity index (χ2v) is 3.36. The number of benzene rings is 1. The summed E-state index contributed by atoms with van der Waals surface area (Å²) in [5, 5.41) is 17.6. The van der Waals surface area contributed by atoms with Crippen molar-refractivity contribution in [3.63, 3.8) is 0 Å². The van der Waals surface area contributed by atoms with E-state index in [4.69, 9.17) is 5.11 Å². The first-order chi connectivity index (χ1) is 6.43. The predicted octanol–water partition coefficient (Wildman–Crippen LogP) is 2.06. The topological polar surface area (TPSA) is 57.5 Å². The molecule has 1 rings (SSSR count). The molecule has 0 saturated heterocycles. The van der Waals surface area contributed by atoms with E-state index in [0.717, 1.165) is 0 Å². The Morgan fingerprint density at radius 1 is 1.50 bits per heavy atom. The molecule has 3 nitrogen and oxygen atoms in total. The fourth-order valence-electron chi connectivity index (χ4n) is 0.932. The average molecular weight is 267 g/mol. The summed E-state index contributed by atoms with van der Waals surface area (Å²) in [7, 11) is 0. The average Bonchev–Trinajstić information content (AvgIpc) is 2.10. The van der Waals surface area contributed by atoms with Crippen LogP contribution in [0.15, 0.2) is 10.5 Å². The molecule has 14 heavy (non-hydrogen) atoms. The fraction of sp³-hybridized carbons (Fsp3) is 0.125. The highest BCUT2D eigenvalue weighted by Gasteiger charge is 2.17. The number of aliphatic carboxylic acids is 1. The quantitative estimate of drug-likeness (QED) is 0.806. The van der Waals surface area contributed by atoms with E-state index in [1.165, 1.54) is 0 Å². The number of aromatic hydroxyl groups is 1. The van der Waals surface area contributed by atoms with Crippen LogP contribution in [-0.4, -0.2) is 16.2 Å². The minimum Gasteiger partial charge on any atom is -0.506 e. The number of carboxylic acid groups (broad SMARTS) is 1. The molecule has 6 heteroatoms. The molecule has 0 aliphatic rings. The molecular formula is C8H5BrF2O3. The first-order valence-corrected chi connectivity index (χ1v) is 4.30. The van der Waals surface area contributed by atoms with Gasteiger partial charge in [0.1, 0.15) is 5.75 Å². The lowest BCUT2D eigenvalue weighted by atomic mass is 10.1. The lowest BCUT2D eigenvalue weighted by molar-refractivity contribution is -0.136. The van der Waals surface area contributed by atoms with Gasteiger partial charge in [0.25, 0.3) is 0 Å². The number of hydrogen-bond acceptors (Lipinski definition) is 2. The van der Waals surface area contributed by atoms with Gasteiger partial charge in [-0.3, -0.25) is 4.79 Å². The fourth-order valence-corrected chi connectivity index (χ4v) is 1.38. The van der Waals surface area contributed by atoms with Crippen LogP contribution >= 0.6 is 15.9 Å². The summed E-state index contributed by atoms with van der Waals surface area (Å²) in [4.78, 5) is 10.3. The van der Waals surface area contributed by atoms with Gasteiger partial charge in [-0.25, -0.2) is 8.78 Å². The third-order valence-corrected chi connectivity index (χ3v) is 2.28. The largest absolute Gasteiger partial charge is 0.506 e. The van der Waals surface area contributed by atoms with E-state index in [1.54, 1.807) is 0 Å². The Morgan fingerprint density at radius 3 is 2.57 bits per heavy atom. The summed E-state index contributed by atoms with van der Waals surface area (Å²) in [5.41, 5.74) is -0.178. The normalized spacial score (nSPS) is 10.2. The van der Waals surface area contributed by atoms with Gasteiger partial charge in [-0.2, -0.15) is 0 Å². The number of phenols is 1. The van der Waals surface area contributed by atoms with Crippen LogP contribution in [0.5, 0.6) is 5.75 Å². The molecule has 1 aromatic rings. The Balaban J connectivity index is 3.25. The van der Waals surface area contributed by atoms with E-state index in [-0.39, 0.29) is 5.56 Å². The maximum atomic E-state index is 12.8. The van der Waals surface area contributed by atoms with Gasteiger partial charge in [0.05, 0.1) is 10.9 Å². The Bertz CT molecular complexity index is 393. The van der Waals surface area contributed by atoms with Crippen molar-refractivity contribution >= 4 is 21.9 Å². The zero-order chi connectivity index (χ0) is 10.9. The highest BCUT2D eigenvalue weighted by atomic mass is 79.9. The maximum Gasteiger partial charge on any atom is 0.307 e. The Kier molecular flexibility index (Phi) is 3.05. The van der Waals surface area contributed by atoms with Gasteiger partial charge in [-0.05, 0) is 22.0 Å². The number of carboxylic acids is 1. The molecule has 0 fully saturated rings. The third kappa shape index (κ3) is 2.01. The van der Waals surface area contributed by atoms with Gasteiger partial charge in [0.15, 0.2) is 11.6 Å². The van der Waals surface area contributed by atoms with Crippen LogP contribution in [0.4, 0.5) is 8.78 Å². The molecule has 0 bridgehead atoms. The van der Waals surface area contributed by atoms with Crippen LogP contribution in [0.2, 0.25) is 0 Å². The van der Waals surface area contributed by atoms with Crippen molar-refractivity contribution < 1.29 is 23.8 Å². The molecule has 0 amide bonds. The molecule has 0 spiro atoms. The molecule has 0 aromatic heterocycles. The molecule has 0 aliphatic heterocycles. The number of halogens is 3. The molecule has 0 atom stereocenters. The molecule has 0 saturated carbocycles. The molecule has 0 heterocycles. The number of phenolic OH excluding ortho intramolecular Hbond substituents is 1. The van der Waals surface area contributed by atoms with Crippen molar-refractivity contribution in [1.82, 2.24) is 0 Å². The highest BCUT2D eigenvalue weighted by molar-refractivity contribution is 9.10. The number of rotatable bonds is 2. The Labute approximate surface area is 86.1 Å². The van der Waals surface area contributed by atoms with Crippen molar-refractivity contribution in [2.75, 3.05) is 0 Å². The van der Waals surface area contributed by atoms with Crippen molar-refractivity contribution in [2.45, 2.75) is 6.42 Å². The number of hydrogen-bond donors (Lipinski definition) is 2. The van der Waals surface area contributed by atoms with Gasteiger partial charge in [0, 0.05) is 5.56 Å². The predicted molar refractivity (Wildman–Crippen MR) is 47.1 cm³/mol. The van der Waals surface area contributed by atoms with Crippen molar-refractivity contribution in [1.29, 1.82) is 0 Å². The molecule has 76 valence electrons. The Hall–Kier alpha value is -1.17. The van der Waals surface area contributed by atoms with Crippen LogP contribution in [0.3, 0.4) is 0 Å². The van der Waals surface area contributed by atoms with Crippen molar-refractivity contribution in [2.24, 2.45) is 0 Å². The molecule has 2 N–H and O–H groups in total. The summed E-state index contributed by atoms with van der Waals surface area (Å²) in [5.74, 6) is -4.27. The summed E-state index contributed by atoms with van der Waals surface area (Å²) in [6, 6.07) is 0.656. The van der Waals surface area contributed by atoms with Crippen LogP contribution in [-0.2, 0) is 11.2 Å². The van der Waals surface area contributed by atoms with E-state index < -0.39 is 34.2 Å². The van der Waals surface area contributed by atoms with E-state index in [0.29, 0.717) is 6.07 Å². The molecule has 0 aliphatic carbocycles. The van der Waals surface area contributed by atoms with Crippen molar-refractivity contribution in [3.8, 4) is 5.75 Å². The Morgan fingerprint density at radius 2 is 2.07 bits per heavy atom. The summed E-state index contributed by atoms with van der Waals surface area (Å²) in [6.45, 7) is 0. The molecule has 0 radical (unpaired) electrons. The lowest BCUT2D eigenvalue weighted by Gasteiger charge is -2.05. The van der Waals surface area contributed by atoms with Gasteiger partial charge < -0.3 is 10.2 Å². The van der Waals surface area contributed by atoms with Gasteiger partial charge >= 0.3 is 5.97 Å². The molecule has 1 aromatic carbocycles. The van der Waals surface area contributed by atoms with Crippen molar-refractivity contribution in [3.05, 3.63) is 27.7 Å². The zero-order valence-corrected chi connectivity index (χ0v) is 8.31. The lowest BCUT2D eigenvalue weighted by Crippen LogP contribution is -2.02. The minimum absolute atomic E-state index is 0.178. The van der Waals surface area contributed by atoms with E-state index in [9.17, 15) is 18.7 Å². The standard InChI is InChI=1S/C8H5BrF2O3/c9-6-7(11)4(10)1-3(8(6)14)2-5(12)13/h1,14H,2H2,(H,12,13). The van der Waals surface area contributed by atoms with E-state index in [1.807, 2.05) is 0 Å². The second kappa shape index (κ2) is 3.91. The highest BCUT2D eigenvalue weighted by Crippen LogP contribution is 2.32. The summed E-state index contributed by atoms with van der Waals surface area (Å²) < 4.78 is 25.1. The number of carbonyl (C=O) groups is 1. The minimum atomic E-state index is -1.24. The molecule has 0 unspecified atom stereocenters. The van der Waals surface area contributed by atoms with Crippen LogP contribution < -0.4 is 0 Å². The summed E-state index contributed by atoms with van der Waals surface area (Å²) >= 11 is 2.61. The van der Waals surface area contributed by atoms with Crippen LogP contribution in [0.25, 0.3) is 0 Å². The summed E-state index contributed by atoms with van der Waals surface area (Å²) in [6.07, 6.45) is -0.568. The second-order valence-electron chi connectivity index (χ2n) is 2.56. The first-order valence-electron chi connectivity index (χ1n) is 3.50. The van der Waals surface area contributed by atoms with Crippen LogP contribution in [0.1, 0.15) is 5.56 Å². The maximum absolute atomic E-state index is 12.8. The van der Waals surface area contributed by atoms with E-state index >= 15 is 0 Å². The third-order valence-electron chi connectivity index (χ3n) is 1.56. The smallest absolute Gasteiger partial charge is 0.307 e. The van der Waals surface area contributed by atoms with Gasteiger partial charge in [0.2, 0.25) is 0 Å². The monoisotopic (exact) mass is 266 g/mol.